The summed E-state index contributed by atoms with van der Waals surface area (Å²) in [6.07, 6.45) is 0. The van der Waals surface area contributed by atoms with Crippen LogP contribution in [0.1, 0.15) is 29.4 Å². The molecule has 2 N–H and O–H groups in total. The van der Waals surface area contributed by atoms with E-state index in [1.165, 1.54) is 53.2 Å². The maximum Gasteiger partial charge on any atom is 0.280 e. The highest BCUT2D eigenvalue weighted by Crippen LogP contribution is 2.24. The van der Waals surface area contributed by atoms with Gasteiger partial charge in [-0.25, -0.2) is 17.8 Å². The Kier molecular flexibility index (Phi) is 6.33. The number of nitro benzene ring substituents is 1. The molecule has 0 radical (unpaired) electrons. The van der Waals surface area contributed by atoms with Gasteiger partial charge in [0.1, 0.15) is 0 Å². The lowest BCUT2D eigenvalue weighted by atomic mass is 10.1. The van der Waals surface area contributed by atoms with Gasteiger partial charge in [-0.1, -0.05) is 5.16 Å². The van der Waals surface area contributed by atoms with Crippen molar-refractivity contribution in [2.24, 2.45) is 4.99 Å². The first-order valence-corrected chi connectivity index (χ1v) is 12.1. The Morgan fingerprint density at radius 3 is 2.31 bits per heavy atom. The van der Waals surface area contributed by atoms with Gasteiger partial charge in [-0.15, -0.1) is 0 Å². The highest BCUT2D eigenvalue weighted by molar-refractivity contribution is 7.92. The molecule has 0 bridgehead atoms. The van der Waals surface area contributed by atoms with Gasteiger partial charge in [0.05, 0.1) is 38.2 Å². The molecular weight excluding hydrogens is 488 g/mol. The van der Waals surface area contributed by atoms with E-state index in [4.69, 9.17) is 4.52 Å². The number of hydrogen-bond acceptors (Lipinski definition) is 8. The first kappa shape index (κ1) is 24.6. The van der Waals surface area contributed by atoms with E-state index < -0.39 is 14.9 Å². The third-order valence-corrected chi connectivity index (χ3v) is 6.93. The molecule has 0 atom stereocenters. The molecule has 4 rings (SSSR count). The van der Waals surface area contributed by atoms with E-state index in [1.807, 2.05) is 0 Å². The minimum absolute atomic E-state index is 0.00547. The van der Waals surface area contributed by atoms with Crippen molar-refractivity contribution in [1.29, 1.82) is 0 Å². The van der Waals surface area contributed by atoms with Crippen LogP contribution in [0.4, 0.5) is 17.3 Å². The molecule has 0 aliphatic carbocycles. The molecule has 2 aromatic carbocycles. The fourth-order valence-corrected chi connectivity index (χ4v) is 4.57. The second-order valence-corrected chi connectivity index (χ2v) is 9.73. The number of nitrogens with one attached hydrogen (secondary N) is 2. The maximum absolute atomic E-state index is 13.0. The lowest BCUT2D eigenvalue weighted by molar-refractivity contribution is -0.384. The Bertz CT molecular complexity index is 1640. The molecule has 0 amide bonds. The van der Waals surface area contributed by atoms with E-state index in [0.29, 0.717) is 39.6 Å². The Morgan fingerprint density at radius 1 is 1.11 bits per heavy atom. The van der Waals surface area contributed by atoms with Crippen LogP contribution < -0.4 is 10.3 Å². The van der Waals surface area contributed by atoms with Gasteiger partial charge in [0, 0.05) is 23.4 Å². The zero-order valence-electron chi connectivity index (χ0n) is 19.8. The summed E-state index contributed by atoms with van der Waals surface area (Å²) in [5, 5.41) is 17.6. The molecule has 186 valence electrons. The molecule has 0 saturated heterocycles. The fraction of sp³-hybridized carbons (Fsp3) is 0.174. The minimum atomic E-state index is -3.90. The number of nitro groups is 1. The van der Waals surface area contributed by atoms with Gasteiger partial charge in [0.15, 0.2) is 0 Å². The van der Waals surface area contributed by atoms with Crippen LogP contribution in [0.5, 0.6) is 0 Å². The zero-order valence-corrected chi connectivity index (χ0v) is 20.6. The van der Waals surface area contributed by atoms with E-state index >= 15 is 0 Å². The van der Waals surface area contributed by atoms with Crippen LogP contribution in [0.2, 0.25) is 0 Å². The molecule has 2 aromatic heterocycles. The average molecular weight is 511 g/mol. The average Bonchev–Trinajstić information content (AvgIpc) is 3.31. The Labute approximate surface area is 205 Å². The highest BCUT2D eigenvalue weighted by Gasteiger charge is 2.20. The van der Waals surface area contributed by atoms with Gasteiger partial charge < -0.3 is 4.52 Å². The van der Waals surface area contributed by atoms with Gasteiger partial charge in [-0.3, -0.25) is 25.0 Å². The predicted molar refractivity (Wildman–Crippen MR) is 133 cm³/mol. The SMILES string of the molecule is CC(=Nc1ccc(S(=O)(=O)Nc2onc(C)c2C)cc1)c1c(C)[nH]n(-c2ccc([N+](=O)[O-])cc2)c1=O. The van der Waals surface area contributed by atoms with Crippen LogP contribution in [-0.4, -0.2) is 34.0 Å². The van der Waals surface area contributed by atoms with Crippen LogP contribution in [-0.2, 0) is 10.0 Å². The van der Waals surface area contributed by atoms with Crippen LogP contribution in [0, 0.1) is 30.9 Å². The minimum Gasteiger partial charge on any atom is -0.337 e. The number of hydrogen-bond donors (Lipinski definition) is 2. The number of non-ortho nitro benzene ring substituents is 1. The number of aromatic amines is 1. The molecule has 13 heteroatoms. The van der Waals surface area contributed by atoms with Crippen molar-refractivity contribution < 1.29 is 17.9 Å². The topological polar surface area (TPSA) is 165 Å². The molecule has 0 unspecified atom stereocenters. The van der Waals surface area contributed by atoms with Crippen LogP contribution in [0.25, 0.3) is 5.69 Å². The standard InChI is InChI=1S/C23H22N6O6S/c1-13-14(2)26-35-22(13)27-36(33,34)20-11-5-17(6-12-20)24-15(3)21-16(4)25-28(23(21)30)18-7-9-19(10-8-18)29(31)32/h5-12,25,27H,1-4H3. The summed E-state index contributed by atoms with van der Waals surface area (Å²) in [5.41, 5.74) is 2.91. The smallest absolute Gasteiger partial charge is 0.280 e. The van der Waals surface area contributed by atoms with Gasteiger partial charge in [0.25, 0.3) is 21.3 Å². The summed E-state index contributed by atoms with van der Waals surface area (Å²) in [6, 6.07) is 11.4. The van der Waals surface area contributed by atoms with E-state index in [0.717, 1.165) is 0 Å². The van der Waals surface area contributed by atoms with Crippen LogP contribution in [0.15, 0.2) is 67.7 Å². The second-order valence-electron chi connectivity index (χ2n) is 8.04. The number of anilines is 1. The van der Waals surface area contributed by atoms with E-state index in [2.05, 4.69) is 20.0 Å². The van der Waals surface area contributed by atoms with E-state index in [-0.39, 0.29) is 22.0 Å². The van der Waals surface area contributed by atoms with Gasteiger partial charge >= 0.3 is 0 Å². The number of H-pyrrole nitrogens is 1. The molecule has 0 fully saturated rings. The number of benzene rings is 2. The van der Waals surface area contributed by atoms with Gasteiger partial charge in [-0.2, -0.15) is 0 Å². The first-order valence-electron chi connectivity index (χ1n) is 10.7. The molecule has 0 spiro atoms. The Morgan fingerprint density at radius 2 is 1.75 bits per heavy atom. The number of aliphatic imine (C=N–C) groups is 1. The van der Waals surface area contributed by atoms with Crippen molar-refractivity contribution in [3.63, 3.8) is 0 Å². The van der Waals surface area contributed by atoms with Crippen LogP contribution >= 0.6 is 0 Å². The van der Waals surface area contributed by atoms with Crippen molar-refractivity contribution >= 4 is 33.0 Å². The Balaban J connectivity index is 1.59. The normalized spacial score (nSPS) is 12.1. The maximum atomic E-state index is 13.0. The van der Waals surface area contributed by atoms with Crippen molar-refractivity contribution in [3.05, 3.63) is 91.5 Å². The lowest BCUT2D eigenvalue weighted by Gasteiger charge is -2.06. The van der Waals surface area contributed by atoms with Crippen molar-refractivity contribution in [2.75, 3.05) is 4.72 Å². The van der Waals surface area contributed by atoms with Crippen molar-refractivity contribution in [3.8, 4) is 5.69 Å². The third-order valence-electron chi connectivity index (χ3n) is 5.58. The number of aromatic nitrogens is 3. The number of aryl methyl sites for hydroxylation is 2. The summed E-state index contributed by atoms with van der Waals surface area (Å²) in [4.78, 5) is 27.9. The number of sulfonamides is 1. The molecular formula is C23H22N6O6S. The molecule has 0 aliphatic heterocycles. The van der Waals surface area contributed by atoms with Crippen molar-refractivity contribution in [2.45, 2.75) is 32.6 Å². The summed E-state index contributed by atoms with van der Waals surface area (Å²) < 4.78 is 34.0. The predicted octanol–water partition coefficient (Wildman–Crippen LogP) is 3.93. The monoisotopic (exact) mass is 510 g/mol. The molecule has 12 nitrogen and oxygen atoms in total. The third kappa shape index (κ3) is 4.68. The second kappa shape index (κ2) is 9.26. The number of nitrogens with zero attached hydrogens (tertiary/aromatic N) is 4. The van der Waals surface area contributed by atoms with Crippen molar-refractivity contribution in [1.82, 2.24) is 14.9 Å². The quantitative estimate of drug-likeness (QED) is 0.216. The largest absolute Gasteiger partial charge is 0.337 e. The number of rotatable bonds is 7. The molecule has 4 aromatic rings. The molecule has 0 aliphatic rings. The molecule has 0 saturated carbocycles. The highest BCUT2D eigenvalue weighted by atomic mass is 32.2. The summed E-state index contributed by atoms with van der Waals surface area (Å²) in [7, 11) is -3.90. The molecule has 36 heavy (non-hydrogen) atoms. The summed E-state index contributed by atoms with van der Waals surface area (Å²) >= 11 is 0. The van der Waals surface area contributed by atoms with Gasteiger partial charge in [0.2, 0.25) is 5.88 Å². The van der Waals surface area contributed by atoms with E-state index in [1.54, 1.807) is 27.7 Å². The first-order chi connectivity index (χ1) is 17.0. The van der Waals surface area contributed by atoms with Gasteiger partial charge in [-0.05, 0) is 64.1 Å². The Hall–Kier alpha value is -4.52. The zero-order chi connectivity index (χ0) is 26.2. The van der Waals surface area contributed by atoms with E-state index in [9.17, 15) is 23.3 Å². The lowest BCUT2D eigenvalue weighted by Crippen LogP contribution is -2.19. The molecule has 2 heterocycles. The summed E-state index contributed by atoms with van der Waals surface area (Å²) in [6.45, 7) is 6.78. The van der Waals surface area contributed by atoms with Crippen LogP contribution in [0.3, 0.4) is 0 Å². The summed E-state index contributed by atoms with van der Waals surface area (Å²) in [5.74, 6) is 0.0534. The fourth-order valence-electron chi connectivity index (χ4n) is 3.52.